The first-order valence-corrected chi connectivity index (χ1v) is 27.4. The molecule has 2 fully saturated rings. The maximum absolute atomic E-state index is 14.4. The van der Waals surface area contributed by atoms with E-state index in [1.165, 1.54) is 37.9 Å². The smallest absolute Gasteiger partial charge is 0.407 e. The van der Waals surface area contributed by atoms with E-state index in [1.54, 1.807) is 30.3 Å². The third-order valence-corrected chi connectivity index (χ3v) is 15.1. The van der Waals surface area contributed by atoms with Gasteiger partial charge in [-0.15, -0.1) is 0 Å². The van der Waals surface area contributed by atoms with E-state index in [-0.39, 0.29) is 38.3 Å². The minimum Gasteiger partial charge on any atom is -0.481 e. The lowest BCUT2D eigenvalue weighted by Gasteiger charge is -2.45. The molecule has 1 aliphatic carbocycles. The molecule has 392 valence electrons. The van der Waals surface area contributed by atoms with Crippen LogP contribution in [0.15, 0.2) is 30.3 Å². The van der Waals surface area contributed by atoms with Crippen molar-refractivity contribution in [2.75, 3.05) is 40.8 Å². The Labute approximate surface area is 408 Å². The number of carbonyl (C=O) groups is 9. The van der Waals surface area contributed by atoms with Gasteiger partial charge in [-0.25, -0.2) is 9.59 Å². The number of alkyl carbamates (subject to hydrolysis) is 1. The second-order valence-electron chi connectivity index (χ2n) is 19.9. The molecule has 1 saturated heterocycles. The van der Waals surface area contributed by atoms with Crippen LogP contribution in [-0.2, 0) is 49.5 Å². The van der Waals surface area contributed by atoms with Crippen molar-refractivity contribution in [3.8, 4) is 0 Å². The first-order valence-electron chi connectivity index (χ1n) is 23.7. The maximum Gasteiger partial charge on any atom is 0.407 e. The van der Waals surface area contributed by atoms with Gasteiger partial charge in [0.25, 0.3) is 0 Å². The summed E-state index contributed by atoms with van der Waals surface area (Å²) in [6.45, 7) is 9.06. The molecule has 1 unspecified atom stereocenters. The predicted octanol–water partition coefficient (Wildman–Crippen LogP) is 3.73. The van der Waals surface area contributed by atoms with Crippen LogP contribution in [-0.4, -0.2) is 175 Å². The molecule has 1 aliphatic heterocycles. The summed E-state index contributed by atoms with van der Waals surface area (Å²) >= 11 is 0. The molecule has 7 amide bonds. The number of hydrogen-bond donors (Lipinski definition) is 5. The van der Waals surface area contributed by atoms with Crippen LogP contribution in [0.25, 0.3) is 0 Å². The van der Waals surface area contributed by atoms with Gasteiger partial charge in [-0.05, 0) is 43.2 Å². The fourth-order valence-electron chi connectivity index (χ4n) is 8.39. The SMILES string of the molecule is CC([C@H](C)[C@H](NC(=O)[C@H](Cc1ccccc1)NC(=O)OCC[Si](C)(C)C)C(=O)N(C)[C@@H](C)C(=O)N1CC[C@H]1C(=O)N(C)[C@@H](CC1CCCCC1)C(=O)N(C)CC(=O)N[C@@H](CC(=O)O)C(=O)O)C(F)(F)F. The molecule has 3 rings (SSSR count). The molecule has 1 aromatic carbocycles. The van der Waals surface area contributed by atoms with Crippen molar-refractivity contribution in [1.82, 2.24) is 35.6 Å². The third-order valence-electron chi connectivity index (χ3n) is 13.4. The van der Waals surface area contributed by atoms with Gasteiger partial charge in [-0.3, -0.25) is 33.6 Å². The Morgan fingerprint density at radius 3 is 1.97 bits per heavy atom. The number of hydrogen-bond acceptors (Lipinski definition) is 10. The molecule has 23 heteroatoms. The summed E-state index contributed by atoms with van der Waals surface area (Å²) in [6.07, 6.45) is -2.04. The predicted molar refractivity (Wildman–Crippen MR) is 252 cm³/mol. The molecular formula is C47H72F3N7O12Si. The van der Waals surface area contributed by atoms with E-state index in [4.69, 9.17) is 9.84 Å². The Morgan fingerprint density at radius 2 is 1.44 bits per heavy atom. The van der Waals surface area contributed by atoms with Crippen molar-refractivity contribution in [1.29, 1.82) is 0 Å². The molecule has 5 N–H and O–H groups in total. The second-order valence-corrected chi connectivity index (χ2v) is 25.5. The van der Waals surface area contributed by atoms with Crippen LogP contribution in [0.2, 0.25) is 25.7 Å². The minimum absolute atomic E-state index is 0.0276. The van der Waals surface area contributed by atoms with Crippen LogP contribution in [0, 0.1) is 17.8 Å². The van der Waals surface area contributed by atoms with Crippen molar-refractivity contribution >= 4 is 61.5 Å². The molecule has 1 heterocycles. The number of carboxylic acid groups (broad SMARTS) is 2. The van der Waals surface area contributed by atoms with Crippen LogP contribution >= 0.6 is 0 Å². The highest BCUT2D eigenvalue weighted by molar-refractivity contribution is 6.76. The highest BCUT2D eigenvalue weighted by Crippen LogP contribution is 2.34. The zero-order valence-corrected chi connectivity index (χ0v) is 42.7. The zero-order chi connectivity index (χ0) is 52.8. The Balaban J connectivity index is 1.85. The number of nitrogens with zero attached hydrogens (tertiary/aromatic N) is 4. The molecule has 0 radical (unpaired) electrons. The van der Waals surface area contributed by atoms with E-state index in [0.717, 1.165) is 55.8 Å². The van der Waals surface area contributed by atoms with E-state index >= 15 is 0 Å². The van der Waals surface area contributed by atoms with Crippen LogP contribution in [0.4, 0.5) is 18.0 Å². The quantitative estimate of drug-likeness (QED) is 0.0930. The highest BCUT2D eigenvalue weighted by Gasteiger charge is 2.48. The molecule has 0 spiro atoms. The number of alkyl halides is 3. The number of benzene rings is 1. The van der Waals surface area contributed by atoms with Crippen LogP contribution in [0.3, 0.4) is 0 Å². The number of halogens is 3. The van der Waals surface area contributed by atoms with Gasteiger partial charge in [0.05, 0.1) is 25.5 Å². The number of aliphatic carboxylic acids is 2. The van der Waals surface area contributed by atoms with E-state index in [1.807, 2.05) is 0 Å². The van der Waals surface area contributed by atoms with Gasteiger partial charge in [0.1, 0.15) is 36.3 Å². The Kier molecular flexibility index (Phi) is 21.7. The second kappa shape index (κ2) is 25.9. The largest absolute Gasteiger partial charge is 0.481 e. The zero-order valence-electron chi connectivity index (χ0n) is 41.7. The fraction of sp³-hybridized carbons (Fsp3) is 0.681. The van der Waals surface area contributed by atoms with Gasteiger partial charge in [0.2, 0.25) is 35.4 Å². The standard InChI is InChI=1S/C47H72F3N7O12Si/c1-28(29(2)47(48,49)50)39(53-40(61)33(24-31-16-12-10-13-17-31)52-46(68)69-22-23-70(7,8)9)44(65)55(5)30(3)41(62)57-21-20-35(57)43(64)56(6)36(25-32-18-14-11-15-19-32)42(63)54(4)27-37(58)51-34(45(66)67)26-38(59)60/h10,12-13,16-17,28-30,32-36,39H,11,14-15,18-27H2,1-9H3,(H,51,58)(H,52,68)(H,53,61)(H,59,60)(H,66,67)/t28-,29?,30-,33-,34-,35-,36-,39-/m0/s1. The lowest BCUT2D eigenvalue weighted by molar-refractivity contribution is -0.186. The van der Waals surface area contributed by atoms with Gasteiger partial charge in [0.15, 0.2) is 0 Å². The first-order chi connectivity index (χ1) is 32.5. The van der Waals surface area contributed by atoms with Crippen molar-refractivity contribution in [3.05, 3.63) is 35.9 Å². The fourth-order valence-corrected chi connectivity index (χ4v) is 9.10. The molecule has 70 heavy (non-hydrogen) atoms. The topological polar surface area (TPSA) is 252 Å². The van der Waals surface area contributed by atoms with E-state index in [9.17, 15) is 61.4 Å². The maximum atomic E-state index is 14.4. The molecule has 1 aromatic rings. The van der Waals surface area contributed by atoms with Crippen LogP contribution < -0.4 is 16.0 Å². The highest BCUT2D eigenvalue weighted by atomic mass is 28.3. The van der Waals surface area contributed by atoms with Crippen molar-refractivity contribution in [3.63, 3.8) is 0 Å². The summed E-state index contributed by atoms with van der Waals surface area (Å²) in [4.78, 5) is 124. The summed E-state index contributed by atoms with van der Waals surface area (Å²) in [7, 11) is 2.24. The first kappa shape index (κ1) is 58.6. The molecule has 0 bridgehead atoms. The summed E-state index contributed by atoms with van der Waals surface area (Å²) in [5.74, 6) is -11.7. The Bertz CT molecular complexity index is 2020. The third kappa shape index (κ3) is 17.3. The Morgan fingerprint density at radius 1 is 0.829 bits per heavy atom. The summed E-state index contributed by atoms with van der Waals surface area (Å²) in [6, 6.07) is 0.514. The Hall–Kier alpha value is -5.74. The number of likely N-dealkylation sites (N-methyl/N-ethyl adjacent to an activating group) is 3. The van der Waals surface area contributed by atoms with E-state index < -0.39 is 129 Å². The van der Waals surface area contributed by atoms with Gasteiger partial charge in [0, 0.05) is 42.2 Å². The summed E-state index contributed by atoms with van der Waals surface area (Å²) in [5.41, 5.74) is 0.593. The molecule has 19 nitrogen and oxygen atoms in total. The van der Waals surface area contributed by atoms with Crippen molar-refractivity contribution in [2.45, 2.75) is 147 Å². The lowest BCUT2D eigenvalue weighted by Crippen LogP contribution is -2.65. The molecule has 2 aliphatic rings. The number of nitrogens with one attached hydrogen (secondary N) is 3. The molecule has 0 aromatic heterocycles. The number of carbonyl (C=O) groups excluding carboxylic acids is 7. The van der Waals surface area contributed by atoms with Gasteiger partial charge in [-0.2, -0.15) is 13.2 Å². The normalized spacial score (nSPS) is 18.2. The van der Waals surface area contributed by atoms with Gasteiger partial charge >= 0.3 is 24.2 Å². The lowest BCUT2D eigenvalue weighted by atomic mass is 9.84. The minimum atomic E-state index is -4.80. The molecular weight excluding hydrogens is 940 g/mol. The molecule has 1 saturated carbocycles. The van der Waals surface area contributed by atoms with Crippen molar-refractivity contribution < 1.29 is 71.3 Å². The van der Waals surface area contributed by atoms with Crippen LogP contribution in [0.1, 0.15) is 77.7 Å². The van der Waals surface area contributed by atoms with Crippen LogP contribution in [0.5, 0.6) is 0 Å². The summed E-state index contributed by atoms with van der Waals surface area (Å²) < 4.78 is 48.2. The number of carboxylic acids is 2. The monoisotopic (exact) mass is 1010 g/mol. The van der Waals surface area contributed by atoms with Gasteiger partial charge < -0.3 is 50.5 Å². The number of likely N-dealkylation sites (tertiary alicyclic amines) is 1. The van der Waals surface area contributed by atoms with Gasteiger partial charge in [-0.1, -0.05) is 95.9 Å². The number of ether oxygens (including phenoxy) is 1. The summed E-state index contributed by atoms with van der Waals surface area (Å²) in [5, 5.41) is 25.5. The van der Waals surface area contributed by atoms with Crippen molar-refractivity contribution in [2.24, 2.45) is 17.8 Å². The number of amides is 7. The average molecular weight is 1010 g/mol. The average Bonchev–Trinajstić information content (AvgIpc) is 3.27. The van der Waals surface area contributed by atoms with E-state index in [0.29, 0.717) is 11.6 Å². The van der Waals surface area contributed by atoms with E-state index in [2.05, 4.69) is 35.6 Å². The number of rotatable bonds is 24. The molecule has 8 atom stereocenters.